The fraction of sp³-hybridized carbons (Fsp3) is 0.769. The van der Waals surface area contributed by atoms with E-state index < -0.39 is 42.3 Å². The van der Waals surface area contributed by atoms with Gasteiger partial charge in [-0.05, 0) is 34.6 Å². The van der Waals surface area contributed by atoms with Gasteiger partial charge in [-0.1, -0.05) is 0 Å². The summed E-state index contributed by atoms with van der Waals surface area (Å²) in [6, 6.07) is 0. The lowest BCUT2D eigenvalue weighted by molar-refractivity contribution is -0.161. The van der Waals surface area contributed by atoms with Gasteiger partial charge in [0.25, 0.3) is 0 Å². The van der Waals surface area contributed by atoms with Crippen LogP contribution < -0.4 is 0 Å². The minimum Gasteiger partial charge on any atom is -0.461 e. The Kier molecular flexibility index (Phi) is 6.69. The van der Waals surface area contributed by atoms with Gasteiger partial charge in [-0.15, -0.1) is 0 Å². The number of aliphatic hydroxyl groups is 1. The van der Waals surface area contributed by atoms with E-state index in [1.54, 1.807) is 34.6 Å². The van der Waals surface area contributed by atoms with Crippen LogP contribution >= 0.6 is 0 Å². The fourth-order valence-electron chi connectivity index (χ4n) is 1.22. The lowest BCUT2D eigenvalue weighted by Gasteiger charge is -2.19. The highest BCUT2D eigenvalue weighted by molar-refractivity contribution is 5.97. The first-order chi connectivity index (χ1) is 8.51. The molecule has 0 rings (SSSR count). The maximum Gasteiger partial charge on any atom is 0.335 e. The van der Waals surface area contributed by atoms with Crippen molar-refractivity contribution >= 4 is 17.7 Å². The summed E-state index contributed by atoms with van der Waals surface area (Å²) >= 11 is 0. The van der Waals surface area contributed by atoms with Crippen LogP contribution in [0.25, 0.3) is 0 Å². The molecule has 1 atom stereocenters. The highest BCUT2D eigenvalue weighted by atomic mass is 16.6. The quantitative estimate of drug-likeness (QED) is 0.574. The number of Topliss-reactive ketones (excluding diaryl/α,β-unsaturated/α-hetero) is 1. The SMILES string of the molecule is CC(C)OC(=O)[C@@H](O)CC(=O)CC(=O)OC(C)(C)C. The molecule has 0 aliphatic carbocycles. The first kappa shape index (κ1) is 17.6. The summed E-state index contributed by atoms with van der Waals surface area (Å²) in [6.45, 7) is 8.32. The lowest BCUT2D eigenvalue weighted by atomic mass is 10.1. The van der Waals surface area contributed by atoms with Crippen molar-refractivity contribution in [1.29, 1.82) is 0 Å². The summed E-state index contributed by atoms with van der Waals surface area (Å²) in [5.41, 5.74) is -0.674. The molecule has 0 fully saturated rings. The van der Waals surface area contributed by atoms with Gasteiger partial charge < -0.3 is 14.6 Å². The molecule has 0 heterocycles. The number of esters is 2. The van der Waals surface area contributed by atoms with Crippen LogP contribution in [0.5, 0.6) is 0 Å². The molecule has 110 valence electrons. The number of ketones is 1. The standard InChI is InChI=1S/C13H22O6/c1-8(2)18-12(17)10(15)6-9(14)7-11(16)19-13(3,4)5/h8,10,15H,6-7H2,1-5H3/t10-/m0/s1. The van der Waals surface area contributed by atoms with Crippen LogP contribution in [0.2, 0.25) is 0 Å². The lowest BCUT2D eigenvalue weighted by Crippen LogP contribution is -2.30. The van der Waals surface area contributed by atoms with E-state index in [1.165, 1.54) is 0 Å². The van der Waals surface area contributed by atoms with Gasteiger partial charge in [0.1, 0.15) is 17.8 Å². The molecule has 1 N–H and O–H groups in total. The largest absolute Gasteiger partial charge is 0.461 e. The van der Waals surface area contributed by atoms with Gasteiger partial charge in [0.15, 0.2) is 6.10 Å². The minimum absolute atomic E-state index is 0.372. The molecule has 0 amide bonds. The Morgan fingerprint density at radius 1 is 1.16 bits per heavy atom. The first-order valence-corrected chi connectivity index (χ1v) is 6.13. The van der Waals surface area contributed by atoms with Crippen molar-refractivity contribution in [2.24, 2.45) is 0 Å². The van der Waals surface area contributed by atoms with Gasteiger partial charge >= 0.3 is 11.9 Å². The highest BCUT2D eigenvalue weighted by Gasteiger charge is 2.24. The van der Waals surface area contributed by atoms with Gasteiger partial charge in [0, 0.05) is 6.42 Å². The van der Waals surface area contributed by atoms with Crippen molar-refractivity contribution in [3.8, 4) is 0 Å². The Morgan fingerprint density at radius 3 is 2.11 bits per heavy atom. The Balaban J connectivity index is 4.17. The fourth-order valence-corrected chi connectivity index (χ4v) is 1.22. The zero-order valence-electron chi connectivity index (χ0n) is 12.1. The number of aliphatic hydroxyl groups excluding tert-OH is 1. The second-order valence-electron chi connectivity index (χ2n) is 5.51. The van der Waals surface area contributed by atoms with Crippen LogP contribution in [-0.4, -0.2) is 40.6 Å². The van der Waals surface area contributed by atoms with E-state index >= 15 is 0 Å². The molecule has 19 heavy (non-hydrogen) atoms. The third-order valence-corrected chi connectivity index (χ3v) is 1.81. The number of carbonyl (C=O) groups excluding carboxylic acids is 3. The molecule has 0 saturated heterocycles. The van der Waals surface area contributed by atoms with E-state index in [0.29, 0.717) is 0 Å². The molecule has 0 bridgehead atoms. The molecule has 0 unspecified atom stereocenters. The Hall–Kier alpha value is -1.43. The van der Waals surface area contributed by atoms with Crippen LogP contribution in [0.3, 0.4) is 0 Å². The van der Waals surface area contributed by atoms with E-state index in [0.717, 1.165) is 0 Å². The smallest absolute Gasteiger partial charge is 0.335 e. The average molecular weight is 274 g/mol. The highest BCUT2D eigenvalue weighted by Crippen LogP contribution is 2.09. The topological polar surface area (TPSA) is 89.9 Å². The number of ether oxygens (including phenoxy) is 2. The molecular weight excluding hydrogens is 252 g/mol. The predicted octanol–water partition coefficient (Wildman–Crippen LogP) is 0.990. The summed E-state index contributed by atoms with van der Waals surface area (Å²) in [5.74, 6) is -2.11. The predicted molar refractivity (Wildman–Crippen MR) is 67.3 cm³/mol. The summed E-state index contributed by atoms with van der Waals surface area (Å²) in [7, 11) is 0. The van der Waals surface area contributed by atoms with Crippen LogP contribution in [0, 0.1) is 0 Å². The van der Waals surface area contributed by atoms with Gasteiger partial charge in [-0.2, -0.15) is 0 Å². The van der Waals surface area contributed by atoms with E-state index in [-0.39, 0.29) is 6.10 Å². The summed E-state index contributed by atoms with van der Waals surface area (Å²) < 4.78 is 9.70. The van der Waals surface area contributed by atoms with Crippen LogP contribution in [-0.2, 0) is 23.9 Å². The third kappa shape index (κ3) is 9.18. The number of hydrogen-bond acceptors (Lipinski definition) is 6. The summed E-state index contributed by atoms with van der Waals surface area (Å²) in [4.78, 5) is 34.1. The minimum atomic E-state index is -1.54. The normalized spacial score (nSPS) is 13.0. The molecule has 6 heteroatoms. The number of hydrogen-bond donors (Lipinski definition) is 1. The van der Waals surface area contributed by atoms with Gasteiger partial charge in [0.2, 0.25) is 0 Å². The Bertz CT molecular complexity index is 340. The van der Waals surface area contributed by atoms with Gasteiger partial charge in [-0.3, -0.25) is 9.59 Å². The zero-order chi connectivity index (χ0) is 15.2. The average Bonchev–Trinajstić information content (AvgIpc) is 2.11. The Labute approximate surface area is 113 Å². The Morgan fingerprint density at radius 2 is 1.68 bits per heavy atom. The molecule has 0 aromatic rings. The van der Waals surface area contributed by atoms with Crippen molar-refractivity contribution in [1.82, 2.24) is 0 Å². The second kappa shape index (κ2) is 7.23. The maximum absolute atomic E-state index is 11.5. The van der Waals surface area contributed by atoms with Crippen LogP contribution in [0.4, 0.5) is 0 Å². The van der Waals surface area contributed by atoms with Crippen molar-refractivity contribution in [2.45, 2.75) is 65.3 Å². The second-order valence-corrected chi connectivity index (χ2v) is 5.51. The molecule has 0 aliphatic heterocycles. The number of rotatable bonds is 6. The monoisotopic (exact) mass is 274 g/mol. The van der Waals surface area contributed by atoms with E-state index in [1.807, 2.05) is 0 Å². The molecule has 0 aliphatic rings. The summed E-state index contributed by atoms with van der Waals surface area (Å²) in [5, 5.41) is 9.43. The molecular formula is C13H22O6. The van der Waals surface area contributed by atoms with Crippen molar-refractivity contribution < 1.29 is 29.0 Å². The zero-order valence-corrected chi connectivity index (χ0v) is 12.1. The first-order valence-electron chi connectivity index (χ1n) is 6.13. The molecule has 6 nitrogen and oxygen atoms in total. The van der Waals surface area contributed by atoms with Gasteiger partial charge in [0.05, 0.1) is 6.10 Å². The maximum atomic E-state index is 11.5. The molecule has 0 aromatic heterocycles. The molecule has 0 spiro atoms. The molecule has 0 aromatic carbocycles. The van der Waals surface area contributed by atoms with Gasteiger partial charge in [-0.25, -0.2) is 4.79 Å². The molecule has 0 radical (unpaired) electrons. The summed E-state index contributed by atoms with van der Waals surface area (Å²) in [6.07, 6.45) is -2.84. The molecule has 0 saturated carbocycles. The van der Waals surface area contributed by atoms with E-state index in [9.17, 15) is 19.5 Å². The van der Waals surface area contributed by atoms with Crippen molar-refractivity contribution in [3.63, 3.8) is 0 Å². The third-order valence-electron chi connectivity index (χ3n) is 1.81. The van der Waals surface area contributed by atoms with Crippen molar-refractivity contribution in [3.05, 3.63) is 0 Å². The van der Waals surface area contributed by atoms with Crippen molar-refractivity contribution in [2.75, 3.05) is 0 Å². The van der Waals surface area contributed by atoms with E-state index in [2.05, 4.69) is 0 Å². The van der Waals surface area contributed by atoms with Crippen LogP contribution in [0.1, 0.15) is 47.5 Å². The van der Waals surface area contributed by atoms with E-state index in [4.69, 9.17) is 9.47 Å². The van der Waals surface area contributed by atoms with Crippen LogP contribution in [0.15, 0.2) is 0 Å². The number of carbonyl (C=O) groups is 3.